The van der Waals surface area contributed by atoms with Crippen molar-refractivity contribution in [3.05, 3.63) is 53.6 Å². The normalized spacial score (nSPS) is 18.7. The van der Waals surface area contributed by atoms with E-state index in [1.807, 2.05) is 24.4 Å². The molecule has 0 spiro atoms. The van der Waals surface area contributed by atoms with Crippen LogP contribution in [0.3, 0.4) is 0 Å². The van der Waals surface area contributed by atoms with Gasteiger partial charge in [0, 0.05) is 37.2 Å². The maximum atomic E-state index is 12.3. The van der Waals surface area contributed by atoms with Crippen molar-refractivity contribution in [3.63, 3.8) is 0 Å². The van der Waals surface area contributed by atoms with Gasteiger partial charge in [0.1, 0.15) is 5.69 Å². The van der Waals surface area contributed by atoms with Gasteiger partial charge in [0.2, 0.25) is 0 Å². The van der Waals surface area contributed by atoms with Gasteiger partial charge in [-0.05, 0) is 49.6 Å². The summed E-state index contributed by atoms with van der Waals surface area (Å²) >= 11 is 0. The number of carbonyl (C=O) groups is 1. The molecule has 1 atom stereocenters. The average Bonchev–Trinajstić information content (AvgIpc) is 3.05. The molecule has 2 N–H and O–H groups in total. The monoisotopic (exact) mass is 312 g/mol. The van der Waals surface area contributed by atoms with E-state index in [2.05, 4.69) is 33.2 Å². The van der Waals surface area contributed by atoms with Gasteiger partial charge < -0.3 is 10.3 Å². The van der Waals surface area contributed by atoms with E-state index in [0.29, 0.717) is 5.69 Å². The topological polar surface area (TPSA) is 61.0 Å². The van der Waals surface area contributed by atoms with Crippen molar-refractivity contribution >= 4 is 5.91 Å². The summed E-state index contributed by atoms with van der Waals surface area (Å²) in [4.78, 5) is 22.1. The number of amides is 1. The highest BCUT2D eigenvalue weighted by Gasteiger charge is 2.22. The van der Waals surface area contributed by atoms with Gasteiger partial charge in [0.15, 0.2) is 0 Å². The van der Waals surface area contributed by atoms with E-state index >= 15 is 0 Å². The third kappa shape index (κ3) is 4.20. The molecule has 3 heterocycles. The molecular weight excluding hydrogens is 288 g/mol. The first-order chi connectivity index (χ1) is 11.2. The summed E-state index contributed by atoms with van der Waals surface area (Å²) in [5, 5.41) is 3.16. The lowest BCUT2D eigenvalue weighted by atomic mass is 10.0. The Bertz CT molecular complexity index is 637. The fraction of sp³-hybridized carbons (Fsp3) is 0.444. The molecule has 122 valence electrons. The van der Waals surface area contributed by atoms with E-state index in [0.717, 1.165) is 44.6 Å². The Morgan fingerprint density at radius 2 is 2.35 bits per heavy atom. The Hall–Kier alpha value is -2.14. The second-order valence-corrected chi connectivity index (χ2v) is 6.16. The number of piperidine rings is 1. The second kappa shape index (κ2) is 7.42. The van der Waals surface area contributed by atoms with E-state index in [1.165, 1.54) is 5.56 Å². The van der Waals surface area contributed by atoms with Crippen molar-refractivity contribution in [2.45, 2.75) is 38.8 Å². The van der Waals surface area contributed by atoms with Gasteiger partial charge in [0.05, 0.1) is 0 Å². The number of nitrogens with one attached hydrogen (secondary N) is 2. The number of carbonyl (C=O) groups excluding carboxylic acids is 1. The van der Waals surface area contributed by atoms with Crippen LogP contribution in [0.1, 0.15) is 41.5 Å². The van der Waals surface area contributed by atoms with Crippen LogP contribution in [-0.2, 0) is 13.0 Å². The van der Waals surface area contributed by atoms with Crippen molar-refractivity contribution in [2.24, 2.45) is 0 Å². The Labute approximate surface area is 137 Å². The van der Waals surface area contributed by atoms with Crippen molar-refractivity contribution < 1.29 is 4.79 Å². The smallest absolute Gasteiger partial charge is 0.267 e. The number of hydrogen-bond donors (Lipinski definition) is 2. The largest absolute Gasteiger partial charge is 0.354 e. The molecule has 3 rings (SSSR count). The lowest BCUT2D eigenvalue weighted by Crippen LogP contribution is -2.47. The molecule has 1 aliphatic rings. The van der Waals surface area contributed by atoms with Gasteiger partial charge in [-0.1, -0.05) is 13.0 Å². The Morgan fingerprint density at radius 1 is 1.43 bits per heavy atom. The Kier molecular flexibility index (Phi) is 5.08. The molecule has 1 fully saturated rings. The molecule has 0 unspecified atom stereocenters. The molecule has 5 heteroatoms. The van der Waals surface area contributed by atoms with E-state index in [4.69, 9.17) is 0 Å². The fourth-order valence-electron chi connectivity index (χ4n) is 3.11. The SMILES string of the molecule is CCc1ccc(C(=O)N[C@H]2CCCN(Cc3cccnc3)C2)[nH]1. The molecule has 0 aromatic carbocycles. The zero-order valence-electron chi connectivity index (χ0n) is 13.6. The fourth-order valence-corrected chi connectivity index (χ4v) is 3.11. The van der Waals surface area contributed by atoms with Crippen LogP contribution in [0, 0.1) is 0 Å². The van der Waals surface area contributed by atoms with E-state index in [9.17, 15) is 4.79 Å². The van der Waals surface area contributed by atoms with E-state index < -0.39 is 0 Å². The lowest BCUT2D eigenvalue weighted by Gasteiger charge is -2.33. The highest BCUT2D eigenvalue weighted by atomic mass is 16.1. The van der Waals surface area contributed by atoms with Crippen molar-refractivity contribution in [1.29, 1.82) is 0 Å². The number of hydrogen-bond acceptors (Lipinski definition) is 3. The molecule has 1 saturated heterocycles. The first kappa shape index (κ1) is 15.7. The molecule has 23 heavy (non-hydrogen) atoms. The number of aromatic amines is 1. The number of nitrogens with zero attached hydrogens (tertiary/aromatic N) is 2. The zero-order chi connectivity index (χ0) is 16.1. The third-order valence-electron chi connectivity index (χ3n) is 4.34. The summed E-state index contributed by atoms with van der Waals surface area (Å²) in [5.74, 6) is -0.00192. The van der Waals surface area contributed by atoms with Gasteiger partial charge in [-0.3, -0.25) is 14.7 Å². The number of likely N-dealkylation sites (tertiary alicyclic amines) is 1. The van der Waals surface area contributed by atoms with Crippen LogP contribution in [0.25, 0.3) is 0 Å². The summed E-state index contributed by atoms with van der Waals surface area (Å²) in [6, 6.07) is 8.12. The van der Waals surface area contributed by atoms with Gasteiger partial charge in [-0.25, -0.2) is 0 Å². The predicted octanol–water partition coefficient (Wildman–Crippen LogP) is 2.37. The molecule has 0 radical (unpaired) electrons. The summed E-state index contributed by atoms with van der Waals surface area (Å²) in [7, 11) is 0. The number of aromatic nitrogens is 2. The van der Waals surface area contributed by atoms with Crippen LogP contribution in [0.2, 0.25) is 0 Å². The highest BCUT2D eigenvalue weighted by molar-refractivity contribution is 5.92. The summed E-state index contributed by atoms with van der Waals surface area (Å²) < 4.78 is 0. The van der Waals surface area contributed by atoms with Gasteiger partial charge >= 0.3 is 0 Å². The molecule has 2 aromatic rings. The quantitative estimate of drug-likeness (QED) is 0.891. The van der Waals surface area contributed by atoms with Crippen molar-refractivity contribution in [2.75, 3.05) is 13.1 Å². The zero-order valence-corrected chi connectivity index (χ0v) is 13.6. The maximum Gasteiger partial charge on any atom is 0.267 e. The summed E-state index contributed by atoms with van der Waals surface area (Å²) in [6.07, 6.45) is 6.76. The number of aryl methyl sites for hydroxylation is 1. The highest BCUT2D eigenvalue weighted by Crippen LogP contribution is 2.14. The van der Waals surface area contributed by atoms with Crippen LogP contribution >= 0.6 is 0 Å². The van der Waals surface area contributed by atoms with Crippen LogP contribution < -0.4 is 5.32 Å². The summed E-state index contributed by atoms with van der Waals surface area (Å²) in [6.45, 7) is 4.93. The van der Waals surface area contributed by atoms with Crippen molar-refractivity contribution in [3.8, 4) is 0 Å². The van der Waals surface area contributed by atoms with Crippen LogP contribution in [0.15, 0.2) is 36.7 Å². The maximum absolute atomic E-state index is 12.3. The van der Waals surface area contributed by atoms with E-state index in [-0.39, 0.29) is 11.9 Å². The number of rotatable bonds is 5. The molecular formula is C18H24N4O. The van der Waals surface area contributed by atoms with E-state index in [1.54, 1.807) is 6.20 Å². The minimum Gasteiger partial charge on any atom is -0.354 e. The standard InChI is InChI=1S/C18H24N4O/c1-2-15-7-8-17(20-15)18(23)21-16-6-4-10-22(13-16)12-14-5-3-9-19-11-14/h3,5,7-9,11,16,20H,2,4,6,10,12-13H2,1H3,(H,21,23)/t16-/m0/s1. The molecule has 0 bridgehead atoms. The first-order valence-electron chi connectivity index (χ1n) is 8.34. The van der Waals surface area contributed by atoms with Crippen LogP contribution in [-0.4, -0.2) is 39.9 Å². The Morgan fingerprint density at radius 3 is 3.09 bits per heavy atom. The summed E-state index contributed by atoms with van der Waals surface area (Å²) in [5.41, 5.74) is 2.97. The van der Waals surface area contributed by atoms with Crippen LogP contribution in [0.5, 0.6) is 0 Å². The molecule has 0 saturated carbocycles. The second-order valence-electron chi connectivity index (χ2n) is 6.16. The number of H-pyrrole nitrogens is 1. The lowest BCUT2D eigenvalue weighted by molar-refractivity contribution is 0.0896. The molecule has 1 amide bonds. The van der Waals surface area contributed by atoms with Crippen LogP contribution in [0.4, 0.5) is 0 Å². The molecule has 5 nitrogen and oxygen atoms in total. The van der Waals surface area contributed by atoms with Gasteiger partial charge in [-0.2, -0.15) is 0 Å². The minimum atomic E-state index is -0.00192. The molecule has 2 aromatic heterocycles. The van der Waals surface area contributed by atoms with Gasteiger partial charge in [0.25, 0.3) is 5.91 Å². The minimum absolute atomic E-state index is 0.00192. The predicted molar refractivity (Wildman–Crippen MR) is 90.2 cm³/mol. The van der Waals surface area contributed by atoms with Crippen molar-refractivity contribution in [1.82, 2.24) is 20.2 Å². The first-order valence-corrected chi connectivity index (χ1v) is 8.34. The third-order valence-corrected chi connectivity index (χ3v) is 4.34. The number of pyridine rings is 1. The van der Waals surface area contributed by atoms with Gasteiger partial charge in [-0.15, -0.1) is 0 Å². The average molecular weight is 312 g/mol. The molecule has 1 aliphatic heterocycles. The molecule has 0 aliphatic carbocycles. The Balaban J connectivity index is 1.55.